The summed E-state index contributed by atoms with van der Waals surface area (Å²) in [5, 5.41) is 3.01. The van der Waals surface area contributed by atoms with E-state index in [-0.39, 0.29) is 26.4 Å². The molecular formula is C121H190N8O14. The van der Waals surface area contributed by atoms with Gasteiger partial charge in [-0.2, -0.15) is 0 Å². The van der Waals surface area contributed by atoms with Crippen LogP contribution in [0.5, 0.6) is 46.0 Å². The first-order valence-electron chi connectivity index (χ1n) is 58.8. The van der Waals surface area contributed by atoms with Crippen LogP contribution in [0, 0.1) is 0 Å². The molecule has 0 spiro atoms. The van der Waals surface area contributed by atoms with Crippen molar-refractivity contribution in [2.45, 2.75) is 483 Å². The standard InChI is InChI=1S/C121H190N8O14/c1-9-15-21-27-33-39-45-51-57-63-69-119(70-64-58-52-46-40-34-28-22-16-10-2)138-105-89-97-99(91-107(105)140-119)115-125-113(97)123-111-95-87-103(136-85-83-134-81-79-132-77-75-130-7)104(137-86-84-135-82-80-133-78-76-131-8)88-96(95)112(122-111)124-114-98-90-106-108(141-120(139-106,71-65-59-53-47-41-35-29-23-17-11-3)72-66-60-54-48-42-36-30-24-18-12-4)92-100(98)116(126-114)128-118-102-94-110-109(93-101(102)117(127-115)129-118)142-121(143-110,73-67-61-55-49-43-37-31-25-19-13-5)74-68-62-56-50-44-38-32-26-20-14-6/h87-94H,9-86H2,1-8H3,(H2,122,123,124,125,126,127,128,129). The second-order valence-corrected chi connectivity index (χ2v) is 42.1. The van der Waals surface area contributed by atoms with Gasteiger partial charge in [0, 0.05) is 96.5 Å². The zero-order valence-corrected chi connectivity index (χ0v) is 90.7. The van der Waals surface area contributed by atoms with Crippen LogP contribution < -0.4 is 37.9 Å². The van der Waals surface area contributed by atoms with Gasteiger partial charge in [0.2, 0.25) is 0 Å². The van der Waals surface area contributed by atoms with Crippen LogP contribution >= 0.6 is 0 Å². The van der Waals surface area contributed by atoms with Crippen molar-refractivity contribution in [2.24, 2.45) is 0 Å². The second kappa shape index (κ2) is 66.0. The number of H-pyrrole nitrogens is 2. The molecule has 22 heteroatoms. The van der Waals surface area contributed by atoms with Gasteiger partial charge in [0.05, 0.1) is 66.1 Å². The number of rotatable bonds is 86. The van der Waals surface area contributed by atoms with E-state index in [0.717, 1.165) is 149 Å². The molecule has 0 radical (unpaired) electrons. The summed E-state index contributed by atoms with van der Waals surface area (Å²) in [5.41, 5.74) is 5.06. The minimum Gasteiger partial charge on any atom is -0.487 e. The Balaban J connectivity index is 0.997. The van der Waals surface area contributed by atoms with Crippen molar-refractivity contribution < 1.29 is 66.3 Å². The molecule has 143 heavy (non-hydrogen) atoms. The molecule has 0 saturated carbocycles. The molecule has 22 nitrogen and oxygen atoms in total. The maximum absolute atomic E-state index is 7.47. The smallest absolute Gasteiger partial charge is 0.251 e. The molecule has 8 bridgehead atoms. The first-order valence-corrected chi connectivity index (χ1v) is 58.8. The maximum atomic E-state index is 7.47. The summed E-state index contributed by atoms with van der Waals surface area (Å²) in [6.07, 6.45) is 79.4. The first-order chi connectivity index (χ1) is 70.6. The minimum absolute atomic E-state index is 0.207. The molecule has 0 unspecified atom stereocenters. The van der Waals surface area contributed by atoms with Crippen LogP contribution in [0.3, 0.4) is 0 Å². The van der Waals surface area contributed by atoms with Gasteiger partial charge in [-0.3, -0.25) is 0 Å². The van der Waals surface area contributed by atoms with Gasteiger partial charge in [0.15, 0.2) is 69.3 Å². The van der Waals surface area contributed by atoms with E-state index in [0.29, 0.717) is 156 Å². The lowest BCUT2D eigenvalue weighted by Gasteiger charge is -2.28. The molecule has 3 aromatic heterocycles. The summed E-state index contributed by atoms with van der Waals surface area (Å²) in [4.78, 5) is 41.9. The number of methoxy groups -OCH3 is 2. The van der Waals surface area contributed by atoms with Crippen molar-refractivity contribution in [1.29, 1.82) is 0 Å². The van der Waals surface area contributed by atoms with Crippen molar-refractivity contribution in [3.05, 3.63) is 48.5 Å². The van der Waals surface area contributed by atoms with E-state index >= 15 is 0 Å². The third-order valence-electron chi connectivity index (χ3n) is 29.9. The Morgan fingerprint density at radius 3 is 0.580 bits per heavy atom. The Bertz CT molecular complexity index is 4560. The highest BCUT2D eigenvalue weighted by molar-refractivity contribution is 6.08. The number of nitrogens with one attached hydrogen (secondary N) is 2. The number of hydrogen-bond donors (Lipinski definition) is 2. The Morgan fingerprint density at radius 2 is 0.378 bits per heavy atom. The van der Waals surface area contributed by atoms with E-state index in [1.807, 2.05) is 12.1 Å². The topological polar surface area (TPSA) is 238 Å². The molecule has 2 N–H and O–H groups in total. The Morgan fingerprint density at radius 1 is 0.203 bits per heavy atom. The zero-order valence-electron chi connectivity index (χ0n) is 90.7. The highest BCUT2D eigenvalue weighted by atomic mass is 16.7. The van der Waals surface area contributed by atoms with Gasteiger partial charge in [0.25, 0.3) is 17.4 Å². The molecular weight excluding hydrogens is 1790 g/mol. The predicted octanol–water partition coefficient (Wildman–Crippen LogP) is 34.3. The van der Waals surface area contributed by atoms with E-state index in [1.165, 1.54) is 308 Å². The molecule has 0 fully saturated rings. The van der Waals surface area contributed by atoms with E-state index in [9.17, 15) is 0 Å². The Kier molecular flexibility index (Phi) is 52.6. The fraction of sp³-hybridized carbons (Fsp3) is 0.736. The maximum Gasteiger partial charge on any atom is 0.251 e. The number of fused-ring (bicyclic) bond motifs is 23. The quantitative estimate of drug-likeness (QED) is 0.0337. The number of unbranched alkanes of at least 4 members (excludes halogenated alkanes) is 54. The monoisotopic (exact) mass is 1980 g/mol. The van der Waals surface area contributed by atoms with Crippen LogP contribution in [0.1, 0.15) is 465 Å². The Labute approximate surface area is 861 Å². The molecule has 7 aromatic rings. The van der Waals surface area contributed by atoms with Crippen molar-refractivity contribution in [1.82, 2.24) is 39.9 Å². The fourth-order valence-electron chi connectivity index (χ4n) is 21.4. The Hall–Kier alpha value is -7.60. The molecule has 5 aliphatic rings. The summed E-state index contributed by atoms with van der Waals surface area (Å²) in [7, 11) is 3.34. The van der Waals surface area contributed by atoms with Crippen molar-refractivity contribution in [3.63, 3.8) is 0 Å². The van der Waals surface area contributed by atoms with E-state index < -0.39 is 17.4 Å². The third-order valence-corrected chi connectivity index (χ3v) is 29.9. The number of ether oxygens (including phenoxy) is 14. The molecule has 8 heterocycles. The molecule has 4 aromatic carbocycles. The first kappa shape index (κ1) is 114. The van der Waals surface area contributed by atoms with Crippen molar-refractivity contribution >= 4 is 44.1 Å². The lowest BCUT2D eigenvalue weighted by Crippen LogP contribution is -2.38. The minimum atomic E-state index is -0.852. The second-order valence-electron chi connectivity index (χ2n) is 42.1. The molecule has 0 amide bonds. The van der Waals surface area contributed by atoms with Crippen LogP contribution in [-0.4, -0.2) is 151 Å². The average Bonchev–Trinajstić information content (AvgIpc) is 1.58. The SMILES string of the molecule is CCCCCCCCCCCCC1(CCCCCCCCCCCC)Oc2cc3c(cc2O1)-c1nc-3nc2[nH]c(nc3nc(nc4[nH]c(n1)c1cc5c(cc41)OC(CCCCCCCCCCCC)(CCCCCCCCCCCC)O5)-c1cc4c(cc1-3)OC(CCCCCCCCCCCC)(CCCCCCCCCCCC)O4)c1cc(OCCOCCOCCOC)c(OCCOCCOCCOC)cc21. The van der Waals surface area contributed by atoms with Crippen LogP contribution in [0.2, 0.25) is 0 Å². The van der Waals surface area contributed by atoms with Crippen LogP contribution in [0.15, 0.2) is 48.5 Å². The molecule has 0 saturated heterocycles. The predicted molar refractivity (Wildman–Crippen MR) is 585 cm³/mol. The fourth-order valence-corrected chi connectivity index (χ4v) is 21.4. The van der Waals surface area contributed by atoms with Gasteiger partial charge in [-0.25, -0.2) is 29.9 Å². The highest BCUT2D eigenvalue weighted by Gasteiger charge is 2.46. The van der Waals surface area contributed by atoms with Crippen LogP contribution in [0.4, 0.5) is 0 Å². The van der Waals surface area contributed by atoms with Gasteiger partial charge >= 0.3 is 0 Å². The van der Waals surface area contributed by atoms with Crippen molar-refractivity contribution in [3.8, 4) is 91.5 Å². The number of aromatic amines is 2. The summed E-state index contributed by atoms with van der Waals surface area (Å²) >= 11 is 0. The molecule has 798 valence electrons. The summed E-state index contributed by atoms with van der Waals surface area (Å²) in [5.74, 6) is 4.25. The number of nitrogens with zero attached hydrogens (tertiary/aromatic N) is 6. The summed E-state index contributed by atoms with van der Waals surface area (Å²) in [6, 6.07) is 16.7. The van der Waals surface area contributed by atoms with Crippen LogP contribution in [-0.2, 0) is 28.4 Å². The van der Waals surface area contributed by atoms with Gasteiger partial charge in [-0.05, 0) is 87.1 Å². The lowest BCUT2D eigenvalue weighted by molar-refractivity contribution is -0.0953. The normalized spacial score (nSPS) is 13.9. The molecule has 0 atom stereocenters. The van der Waals surface area contributed by atoms with E-state index in [1.54, 1.807) is 14.2 Å². The molecule has 5 aliphatic heterocycles. The zero-order chi connectivity index (χ0) is 99.7. The van der Waals surface area contributed by atoms with E-state index in [4.69, 9.17) is 96.2 Å². The number of hydrogen-bond acceptors (Lipinski definition) is 20. The van der Waals surface area contributed by atoms with Gasteiger partial charge in [-0.1, -0.05) is 388 Å². The molecule has 12 rings (SSSR count). The van der Waals surface area contributed by atoms with Gasteiger partial charge < -0.3 is 76.3 Å². The average molecular weight is 1980 g/mol. The van der Waals surface area contributed by atoms with Crippen molar-refractivity contribution in [2.75, 3.05) is 93.5 Å². The van der Waals surface area contributed by atoms with Gasteiger partial charge in [0.1, 0.15) is 35.8 Å². The van der Waals surface area contributed by atoms with Crippen LogP contribution in [0.25, 0.3) is 89.7 Å². The van der Waals surface area contributed by atoms with E-state index in [2.05, 4.69) is 87.9 Å². The largest absolute Gasteiger partial charge is 0.487 e. The third kappa shape index (κ3) is 37.6. The molecule has 0 aliphatic carbocycles. The number of aromatic nitrogens is 8. The van der Waals surface area contributed by atoms with Gasteiger partial charge in [-0.15, -0.1) is 0 Å². The summed E-state index contributed by atoms with van der Waals surface area (Å²) < 4.78 is 92.6. The summed E-state index contributed by atoms with van der Waals surface area (Å²) in [6.45, 7) is 18.4. The lowest BCUT2D eigenvalue weighted by atomic mass is 9.98. The number of benzene rings is 4. The highest BCUT2D eigenvalue weighted by Crippen LogP contribution is 2.54.